The molecule has 1 aliphatic rings. The molecule has 4 N–H and O–H groups in total. The lowest BCUT2D eigenvalue weighted by molar-refractivity contribution is 0.0346. The summed E-state index contributed by atoms with van der Waals surface area (Å²) in [5.74, 6) is -0.507. The summed E-state index contributed by atoms with van der Waals surface area (Å²) in [5.41, 5.74) is 8.67. The van der Waals surface area contributed by atoms with E-state index in [1.54, 1.807) is 34.9 Å². The summed E-state index contributed by atoms with van der Waals surface area (Å²) in [4.78, 5) is 19.8. The number of hydrogen-bond donors (Lipinski definition) is 3. The highest BCUT2D eigenvalue weighted by atomic mass is 35.5. The SMILES string of the molecule is Nc1nc(Cl)c(CO)n1Cc1ccc(-c2cc(CN3CCOCC3)sc2S(=O)(=O)NC(=O)c2ccccc2)cc1. The second kappa shape index (κ2) is 12.1. The van der Waals surface area contributed by atoms with Crippen LogP contribution < -0.4 is 10.5 Å². The van der Waals surface area contributed by atoms with Crippen LogP contribution in [0.2, 0.25) is 5.15 Å². The number of halogens is 1. The molecular formula is C27H28ClN5O5S2. The monoisotopic (exact) mass is 601 g/mol. The maximum absolute atomic E-state index is 13.5. The molecule has 2 aromatic carbocycles. The van der Waals surface area contributed by atoms with Gasteiger partial charge in [0.25, 0.3) is 15.9 Å². The first-order valence-corrected chi connectivity index (χ1v) is 15.2. The highest BCUT2D eigenvalue weighted by Gasteiger charge is 2.27. The fourth-order valence-electron chi connectivity index (χ4n) is 4.47. The van der Waals surface area contributed by atoms with E-state index in [2.05, 4.69) is 14.6 Å². The first-order valence-electron chi connectivity index (χ1n) is 12.5. The highest BCUT2D eigenvalue weighted by Crippen LogP contribution is 2.36. The first-order chi connectivity index (χ1) is 19.2. The fourth-order valence-corrected chi connectivity index (χ4v) is 7.48. The smallest absolute Gasteiger partial charge is 0.274 e. The zero-order valence-corrected chi connectivity index (χ0v) is 23.8. The molecule has 13 heteroatoms. The standard InChI is InChI=1S/C27H28ClN5O5S2/c28-24-23(17-34)33(27(29)30-24)15-18-6-8-19(9-7-18)22-14-21(16-32-10-12-38-13-11-32)39-26(22)40(36,37)31-25(35)20-4-2-1-3-5-20/h1-9,14,34H,10-13,15-17H2,(H2,29,30)(H,31,35). The van der Waals surface area contributed by atoms with E-state index in [9.17, 15) is 18.3 Å². The Kier molecular flexibility index (Phi) is 8.54. The lowest BCUT2D eigenvalue weighted by Crippen LogP contribution is -2.35. The highest BCUT2D eigenvalue weighted by molar-refractivity contribution is 7.92. The Hall–Kier alpha value is -3.26. The van der Waals surface area contributed by atoms with E-state index < -0.39 is 15.9 Å². The lowest BCUT2D eigenvalue weighted by Gasteiger charge is -2.25. The van der Waals surface area contributed by atoms with Crippen molar-refractivity contribution in [2.24, 2.45) is 0 Å². The molecule has 0 aliphatic carbocycles. The molecule has 0 spiro atoms. The summed E-state index contributed by atoms with van der Waals surface area (Å²) < 4.78 is 36.4. The number of nitrogens with one attached hydrogen (secondary N) is 1. The summed E-state index contributed by atoms with van der Waals surface area (Å²) in [6, 6.07) is 17.4. The molecule has 0 unspecified atom stereocenters. The Labute approximate surface area is 241 Å². The number of rotatable bonds is 9. The van der Waals surface area contributed by atoms with Gasteiger partial charge >= 0.3 is 0 Å². The van der Waals surface area contributed by atoms with Gasteiger partial charge in [-0.25, -0.2) is 18.1 Å². The first kappa shape index (κ1) is 28.3. The third-order valence-corrected chi connectivity index (χ3v) is 9.84. The van der Waals surface area contributed by atoms with E-state index >= 15 is 0 Å². The molecule has 1 amide bonds. The van der Waals surface area contributed by atoms with Gasteiger partial charge in [-0.2, -0.15) is 0 Å². The van der Waals surface area contributed by atoms with Crippen molar-refractivity contribution < 1.29 is 23.1 Å². The zero-order valence-electron chi connectivity index (χ0n) is 21.4. The molecule has 5 rings (SSSR count). The molecule has 40 heavy (non-hydrogen) atoms. The molecule has 4 aromatic rings. The predicted octanol–water partition coefficient (Wildman–Crippen LogP) is 3.34. The molecule has 210 valence electrons. The van der Waals surface area contributed by atoms with E-state index in [0.717, 1.165) is 34.9 Å². The number of morpholine rings is 1. The van der Waals surface area contributed by atoms with Gasteiger partial charge in [0.05, 0.1) is 32.1 Å². The van der Waals surface area contributed by atoms with Crippen molar-refractivity contribution in [2.75, 3.05) is 32.0 Å². The summed E-state index contributed by atoms with van der Waals surface area (Å²) in [6.07, 6.45) is 0. The second-order valence-electron chi connectivity index (χ2n) is 9.25. The normalized spacial score (nSPS) is 14.3. The number of anilines is 1. The zero-order chi connectivity index (χ0) is 28.3. The third-order valence-electron chi connectivity index (χ3n) is 6.55. The number of sulfonamides is 1. The van der Waals surface area contributed by atoms with E-state index in [1.807, 2.05) is 30.3 Å². The van der Waals surface area contributed by atoms with E-state index in [0.29, 0.717) is 43.1 Å². The van der Waals surface area contributed by atoms with Crippen molar-refractivity contribution in [1.29, 1.82) is 0 Å². The van der Waals surface area contributed by atoms with Crippen LogP contribution in [0.5, 0.6) is 0 Å². The average molecular weight is 602 g/mol. The summed E-state index contributed by atoms with van der Waals surface area (Å²) in [5, 5.41) is 9.80. The number of thiophene rings is 1. The van der Waals surface area contributed by atoms with E-state index in [-0.39, 0.29) is 27.5 Å². The number of aliphatic hydroxyl groups is 1. The van der Waals surface area contributed by atoms with E-state index in [1.165, 1.54) is 0 Å². The lowest BCUT2D eigenvalue weighted by atomic mass is 10.1. The predicted molar refractivity (Wildman–Crippen MR) is 154 cm³/mol. The van der Waals surface area contributed by atoms with Crippen molar-refractivity contribution in [1.82, 2.24) is 19.2 Å². The number of nitrogens with two attached hydrogens (primary N) is 1. The van der Waals surface area contributed by atoms with Crippen molar-refractivity contribution in [3.05, 3.63) is 87.5 Å². The molecule has 0 atom stereocenters. The minimum atomic E-state index is -4.17. The van der Waals surface area contributed by atoms with Crippen LogP contribution in [-0.2, 0) is 34.5 Å². The molecule has 0 saturated carbocycles. The van der Waals surface area contributed by atoms with Gasteiger partial charge in [0.15, 0.2) is 5.15 Å². The number of aromatic nitrogens is 2. The maximum Gasteiger partial charge on any atom is 0.274 e. The Morgan fingerprint density at radius 3 is 2.48 bits per heavy atom. The van der Waals surface area contributed by atoms with Crippen LogP contribution in [0, 0.1) is 0 Å². The number of amides is 1. The van der Waals surface area contributed by atoms with Gasteiger partial charge in [-0.3, -0.25) is 9.69 Å². The van der Waals surface area contributed by atoms with Gasteiger partial charge in [0.1, 0.15) is 4.21 Å². The number of nitrogen functional groups attached to an aromatic ring is 1. The number of imidazole rings is 1. The number of aliphatic hydroxyl groups excluding tert-OH is 1. The molecule has 1 fully saturated rings. The van der Waals surface area contributed by atoms with Gasteiger partial charge in [0, 0.05) is 35.6 Å². The average Bonchev–Trinajstić information content (AvgIpc) is 3.50. The molecule has 1 aliphatic heterocycles. The fraction of sp³-hybridized carbons (Fsp3) is 0.259. The minimum absolute atomic E-state index is 0.0704. The van der Waals surface area contributed by atoms with Gasteiger partial charge in [-0.1, -0.05) is 54.1 Å². The van der Waals surface area contributed by atoms with Crippen LogP contribution in [0.15, 0.2) is 64.9 Å². The van der Waals surface area contributed by atoms with Crippen molar-refractivity contribution in [2.45, 2.75) is 23.9 Å². The molecule has 10 nitrogen and oxygen atoms in total. The van der Waals surface area contributed by atoms with Gasteiger partial charge in [0.2, 0.25) is 5.95 Å². The maximum atomic E-state index is 13.5. The van der Waals surface area contributed by atoms with Crippen molar-refractivity contribution in [3.63, 3.8) is 0 Å². The molecule has 0 bridgehead atoms. The van der Waals surface area contributed by atoms with Crippen LogP contribution in [0.4, 0.5) is 5.95 Å². The Bertz CT molecular complexity index is 1600. The Balaban J connectivity index is 1.46. The second-order valence-corrected chi connectivity index (χ2v) is 12.6. The van der Waals surface area contributed by atoms with Crippen LogP contribution in [-0.4, -0.2) is 60.2 Å². The number of benzene rings is 2. The number of carbonyl (C=O) groups is 1. The van der Waals surface area contributed by atoms with Crippen LogP contribution in [0.25, 0.3) is 11.1 Å². The van der Waals surface area contributed by atoms with E-state index in [4.69, 9.17) is 22.1 Å². The molecule has 0 radical (unpaired) electrons. The summed E-state index contributed by atoms with van der Waals surface area (Å²) >= 11 is 7.21. The quantitative estimate of drug-likeness (QED) is 0.265. The van der Waals surface area contributed by atoms with Gasteiger partial charge < -0.3 is 20.1 Å². The summed E-state index contributed by atoms with van der Waals surface area (Å²) in [7, 11) is -4.17. The topological polar surface area (TPSA) is 140 Å². The van der Waals surface area contributed by atoms with Crippen molar-refractivity contribution >= 4 is 44.8 Å². The minimum Gasteiger partial charge on any atom is -0.390 e. The Morgan fingerprint density at radius 2 is 1.80 bits per heavy atom. The van der Waals surface area contributed by atoms with Gasteiger partial charge in [-0.05, 0) is 29.3 Å². The number of carbonyl (C=O) groups excluding carboxylic acids is 1. The number of ether oxygens (including phenoxy) is 1. The largest absolute Gasteiger partial charge is 0.390 e. The number of hydrogen-bond acceptors (Lipinski definition) is 9. The molecule has 2 aromatic heterocycles. The Morgan fingerprint density at radius 1 is 1.10 bits per heavy atom. The number of nitrogens with zero attached hydrogens (tertiary/aromatic N) is 3. The van der Waals surface area contributed by atoms with Crippen LogP contribution >= 0.6 is 22.9 Å². The van der Waals surface area contributed by atoms with Gasteiger partial charge in [-0.15, -0.1) is 11.3 Å². The molecule has 1 saturated heterocycles. The molecular weight excluding hydrogens is 574 g/mol. The van der Waals surface area contributed by atoms with Crippen LogP contribution in [0.3, 0.4) is 0 Å². The third kappa shape index (κ3) is 6.22. The van der Waals surface area contributed by atoms with Crippen molar-refractivity contribution in [3.8, 4) is 11.1 Å². The molecule has 3 heterocycles. The summed E-state index contributed by atoms with van der Waals surface area (Å²) in [6.45, 7) is 3.36. The van der Waals surface area contributed by atoms with Crippen LogP contribution in [0.1, 0.15) is 26.5 Å².